The molecule has 0 aliphatic rings. The zero-order valence-electron chi connectivity index (χ0n) is 24.1. The van der Waals surface area contributed by atoms with Crippen LogP contribution in [0.1, 0.15) is 34.0 Å². The minimum absolute atomic E-state index is 0.0137. The third-order valence-electron chi connectivity index (χ3n) is 6.60. The molecule has 0 aliphatic carbocycles. The Labute approximate surface area is 241 Å². The monoisotopic (exact) mass is 566 g/mol. The first-order chi connectivity index (χ1) is 20.0. The van der Waals surface area contributed by atoms with Crippen molar-refractivity contribution in [2.24, 2.45) is 0 Å². The van der Waals surface area contributed by atoms with E-state index in [0.29, 0.717) is 34.7 Å². The maximum Gasteiger partial charge on any atom is 0.271 e. The molecule has 12 nitrogen and oxygen atoms in total. The Morgan fingerprint density at radius 2 is 1.17 bits per heavy atom. The minimum atomic E-state index is -0.435. The topological polar surface area (TPSA) is 171 Å². The quantitative estimate of drug-likeness (QED) is 0.109. The van der Waals surface area contributed by atoms with E-state index in [1.54, 1.807) is 6.07 Å². The number of furan rings is 2. The smallest absolute Gasteiger partial charge is 0.271 e. The molecule has 0 amide bonds. The predicted molar refractivity (Wildman–Crippen MR) is 163 cm³/mol. The van der Waals surface area contributed by atoms with Crippen LogP contribution in [0.2, 0.25) is 0 Å². The predicted octanol–water partition coefficient (Wildman–Crippen LogP) is 7.27. The fraction of sp³-hybridized carbons (Fsp3) is 0.200. The normalized spacial score (nSPS) is 10.9. The van der Waals surface area contributed by atoms with Crippen LogP contribution >= 0.6 is 0 Å². The van der Waals surface area contributed by atoms with Crippen LogP contribution in [-0.2, 0) is 0 Å². The van der Waals surface area contributed by atoms with Gasteiger partial charge < -0.3 is 25.2 Å². The van der Waals surface area contributed by atoms with Gasteiger partial charge in [0.1, 0.15) is 11.5 Å². The summed E-state index contributed by atoms with van der Waals surface area (Å²) in [6.07, 6.45) is 0. The summed E-state index contributed by atoms with van der Waals surface area (Å²) in [5.41, 5.74) is 12.7. The van der Waals surface area contributed by atoms with E-state index in [-0.39, 0.29) is 5.69 Å². The van der Waals surface area contributed by atoms with Gasteiger partial charge in [0.2, 0.25) is 23.3 Å². The van der Waals surface area contributed by atoms with Gasteiger partial charge in [-0.3, -0.25) is 10.1 Å². The van der Waals surface area contributed by atoms with E-state index in [0.717, 1.165) is 50.5 Å². The number of nitro benzene ring substituents is 1. The maximum absolute atomic E-state index is 10.9. The summed E-state index contributed by atoms with van der Waals surface area (Å²) in [4.78, 5) is 28.0. The highest BCUT2D eigenvalue weighted by atomic mass is 16.6. The van der Waals surface area contributed by atoms with Gasteiger partial charge in [-0.2, -0.15) is 9.97 Å². The van der Waals surface area contributed by atoms with Crippen molar-refractivity contribution in [2.45, 2.75) is 41.5 Å². The molecule has 0 radical (unpaired) electrons. The van der Waals surface area contributed by atoms with Crippen molar-refractivity contribution in [1.82, 2.24) is 19.9 Å². The summed E-state index contributed by atoms with van der Waals surface area (Å²) in [6, 6.07) is 14.1. The van der Waals surface area contributed by atoms with Crippen molar-refractivity contribution in [3.05, 3.63) is 92.7 Å². The molecule has 0 bridgehead atoms. The molecule has 4 aromatic heterocycles. The van der Waals surface area contributed by atoms with Crippen LogP contribution in [0.5, 0.6) is 0 Å². The molecule has 0 saturated heterocycles. The lowest BCUT2D eigenvalue weighted by molar-refractivity contribution is -0.384. The first-order valence-electron chi connectivity index (χ1n) is 13.1. The van der Waals surface area contributed by atoms with Crippen LogP contribution in [0.25, 0.3) is 22.2 Å². The van der Waals surface area contributed by atoms with E-state index in [2.05, 4.69) is 30.6 Å². The molecule has 2 aromatic carbocycles. The van der Waals surface area contributed by atoms with E-state index < -0.39 is 4.92 Å². The second-order valence-corrected chi connectivity index (χ2v) is 10.00. The number of hydrogen-bond donors (Lipinski definition) is 3. The fourth-order valence-corrected chi connectivity index (χ4v) is 4.35. The molecule has 0 unspecified atom stereocenters. The number of nitrogens with two attached hydrogens (primary N) is 1. The second-order valence-electron chi connectivity index (χ2n) is 10.00. The maximum atomic E-state index is 10.9. The highest BCUT2D eigenvalue weighted by molar-refractivity contribution is 5.79. The lowest BCUT2D eigenvalue weighted by atomic mass is 10.2. The van der Waals surface area contributed by atoms with Crippen LogP contribution in [0.4, 0.5) is 34.6 Å². The van der Waals surface area contributed by atoms with Gasteiger partial charge in [-0.1, -0.05) is 12.1 Å². The first-order valence-corrected chi connectivity index (χ1v) is 13.1. The molecule has 6 rings (SSSR count). The van der Waals surface area contributed by atoms with Crippen molar-refractivity contribution >= 4 is 56.8 Å². The summed E-state index contributed by atoms with van der Waals surface area (Å²) < 4.78 is 11.1. The van der Waals surface area contributed by atoms with Crippen molar-refractivity contribution in [1.29, 1.82) is 0 Å². The fourth-order valence-electron chi connectivity index (χ4n) is 4.35. The van der Waals surface area contributed by atoms with Crippen LogP contribution in [0.3, 0.4) is 0 Å². The van der Waals surface area contributed by atoms with Gasteiger partial charge in [-0.25, -0.2) is 9.97 Å². The first kappa shape index (κ1) is 28.0. The van der Waals surface area contributed by atoms with E-state index in [9.17, 15) is 10.1 Å². The molecule has 4 N–H and O–H groups in total. The molecule has 0 spiro atoms. The zero-order valence-corrected chi connectivity index (χ0v) is 24.1. The number of aromatic nitrogens is 4. The van der Waals surface area contributed by atoms with Gasteiger partial charge in [0.15, 0.2) is 0 Å². The lowest BCUT2D eigenvalue weighted by Crippen LogP contribution is -2.01. The molecule has 0 atom stereocenters. The Bertz CT molecular complexity index is 1960. The number of nitrogens with one attached hydrogen (secondary N) is 2. The van der Waals surface area contributed by atoms with Gasteiger partial charge in [0, 0.05) is 23.5 Å². The molecule has 4 heterocycles. The van der Waals surface area contributed by atoms with Gasteiger partial charge in [-0.05, 0) is 76.9 Å². The molecule has 12 heteroatoms. The highest BCUT2D eigenvalue weighted by Crippen LogP contribution is 2.27. The number of fused-ring (bicyclic) bond motifs is 2. The minimum Gasteiger partial charge on any atom is -0.443 e. The molecule has 0 saturated carbocycles. The Morgan fingerprint density at radius 3 is 1.67 bits per heavy atom. The van der Waals surface area contributed by atoms with Gasteiger partial charge in [0.05, 0.1) is 32.8 Å². The summed E-state index contributed by atoms with van der Waals surface area (Å²) in [7, 11) is 0. The number of anilines is 5. The molecule has 0 fully saturated rings. The molecular weight excluding hydrogens is 536 g/mol. The Morgan fingerprint density at radius 1 is 0.690 bits per heavy atom. The zero-order chi connectivity index (χ0) is 30.1. The van der Waals surface area contributed by atoms with Crippen LogP contribution < -0.4 is 16.4 Å². The molecule has 214 valence electrons. The van der Waals surface area contributed by atoms with E-state index in [1.807, 2.05) is 71.9 Å². The molecule has 6 aromatic rings. The van der Waals surface area contributed by atoms with E-state index >= 15 is 0 Å². The van der Waals surface area contributed by atoms with Gasteiger partial charge >= 0.3 is 0 Å². The number of benzene rings is 2. The lowest BCUT2D eigenvalue weighted by Gasteiger charge is -2.09. The molecule has 42 heavy (non-hydrogen) atoms. The van der Waals surface area contributed by atoms with Crippen LogP contribution in [-0.4, -0.2) is 24.9 Å². The largest absolute Gasteiger partial charge is 0.443 e. The van der Waals surface area contributed by atoms with Crippen molar-refractivity contribution in [3.8, 4) is 0 Å². The number of non-ortho nitro benzene ring substituents is 1. The number of nitro groups is 1. The van der Waals surface area contributed by atoms with Crippen LogP contribution in [0.15, 0.2) is 57.4 Å². The van der Waals surface area contributed by atoms with E-state index in [1.165, 1.54) is 12.1 Å². The summed E-state index contributed by atoms with van der Waals surface area (Å²) >= 11 is 0. The van der Waals surface area contributed by atoms with Crippen molar-refractivity contribution in [2.75, 3.05) is 16.4 Å². The average Bonchev–Trinajstić information content (AvgIpc) is 3.49. The highest BCUT2D eigenvalue weighted by Gasteiger charge is 2.13. The number of nitrogen functional groups attached to an aromatic ring is 1. The number of aryl methyl sites for hydroxylation is 6. The van der Waals surface area contributed by atoms with Crippen molar-refractivity contribution in [3.63, 3.8) is 0 Å². The summed E-state index contributed by atoms with van der Waals surface area (Å²) in [5.74, 6) is 2.45. The SMILES string of the molecule is Cc1cc2c(C)nc(Nc3cc(N)ccc3C)nc2o1.Cc1cc2c(C)nc(Nc3cc([N+](=O)[O-])ccc3C)nc2o1. The van der Waals surface area contributed by atoms with E-state index in [4.69, 9.17) is 14.6 Å². The number of nitrogens with zero attached hydrogens (tertiary/aromatic N) is 5. The van der Waals surface area contributed by atoms with Gasteiger partial charge in [-0.15, -0.1) is 0 Å². The molecule has 0 aliphatic heterocycles. The third-order valence-corrected chi connectivity index (χ3v) is 6.60. The summed E-state index contributed by atoms with van der Waals surface area (Å²) in [6.45, 7) is 11.4. The standard InChI is InChI=1S/C15H14N4O3.C15H16N4O/c1-8-4-5-11(19(20)21)7-13(8)17-15-16-10(3)12-6-9(2)22-14(12)18-15;1-8-4-5-11(16)7-13(8)18-15-17-10(3)12-6-9(2)20-14(12)19-15/h4-7H,1-3H3,(H,16,17,18);4-7H,16H2,1-3H3,(H,17,18,19). The Balaban J connectivity index is 0.000000169. The third kappa shape index (κ3) is 5.97. The summed E-state index contributed by atoms with van der Waals surface area (Å²) in [5, 5.41) is 18.9. The number of hydrogen-bond acceptors (Lipinski definition) is 11. The Kier molecular flexibility index (Phi) is 7.45. The average molecular weight is 567 g/mol. The Hall–Kier alpha value is -5.52. The van der Waals surface area contributed by atoms with Crippen molar-refractivity contribution < 1.29 is 13.8 Å². The number of rotatable bonds is 5. The molecular formula is C30H30N8O4. The van der Waals surface area contributed by atoms with Gasteiger partial charge in [0.25, 0.3) is 5.69 Å². The second kappa shape index (κ2) is 11.2. The van der Waals surface area contributed by atoms with Crippen LogP contribution in [0, 0.1) is 51.7 Å².